The average molecular weight is 429 g/mol. The van der Waals surface area contributed by atoms with Gasteiger partial charge in [0.1, 0.15) is 28.9 Å². The molecule has 0 bridgehead atoms. The van der Waals surface area contributed by atoms with Crippen LogP contribution in [0.15, 0.2) is 48.6 Å². The van der Waals surface area contributed by atoms with Gasteiger partial charge in [0.05, 0.1) is 5.02 Å². The highest BCUT2D eigenvalue weighted by Crippen LogP contribution is 2.38. The van der Waals surface area contributed by atoms with Crippen LogP contribution in [0.5, 0.6) is 11.5 Å². The van der Waals surface area contributed by atoms with Gasteiger partial charge in [0.15, 0.2) is 0 Å². The fraction of sp³-hybridized carbons (Fsp3) is 0.333. The first-order chi connectivity index (χ1) is 14.4. The number of benzene rings is 2. The summed E-state index contributed by atoms with van der Waals surface area (Å²) in [6.07, 6.45) is 5.75. The van der Waals surface area contributed by atoms with Gasteiger partial charge in [-0.25, -0.2) is 4.79 Å². The third-order valence-electron chi connectivity index (χ3n) is 5.24. The number of halogens is 1. The largest absolute Gasteiger partial charge is 0.507 e. The van der Waals surface area contributed by atoms with Gasteiger partial charge in [0.25, 0.3) is 0 Å². The quantitative estimate of drug-likeness (QED) is 0.461. The number of ketones is 1. The summed E-state index contributed by atoms with van der Waals surface area (Å²) in [7, 11) is 0. The Morgan fingerprint density at radius 1 is 1.07 bits per heavy atom. The van der Waals surface area contributed by atoms with Crippen molar-refractivity contribution < 1.29 is 24.5 Å². The van der Waals surface area contributed by atoms with Crippen LogP contribution < -0.4 is 0 Å². The summed E-state index contributed by atoms with van der Waals surface area (Å²) in [6, 6.07) is 10.3. The third-order valence-corrected chi connectivity index (χ3v) is 5.66. The summed E-state index contributed by atoms with van der Waals surface area (Å²) in [4.78, 5) is 25.7. The van der Waals surface area contributed by atoms with Crippen molar-refractivity contribution in [2.45, 2.75) is 45.1 Å². The minimum absolute atomic E-state index is 0.0933. The minimum atomic E-state index is -0.787. The molecule has 2 N–H and O–H groups in total. The lowest BCUT2D eigenvalue weighted by atomic mass is 9.93. The first kappa shape index (κ1) is 21.9. The number of hydrogen-bond acceptors (Lipinski definition) is 5. The van der Waals surface area contributed by atoms with Crippen molar-refractivity contribution in [1.82, 2.24) is 0 Å². The molecule has 0 radical (unpaired) electrons. The topological polar surface area (TPSA) is 83.8 Å². The number of rotatable bonds is 1. The van der Waals surface area contributed by atoms with Gasteiger partial charge in [-0.3, -0.25) is 4.79 Å². The fourth-order valence-electron chi connectivity index (χ4n) is 3.66. The van der Waals surface area contributed by atoms with Crippen LogP contribution in [0.3, 0.4) is 0 Å². The molecular formula is C24H25ClO5. The van der Waals surface area contributed by atoms with E-state index in [0.717, 1.165) is 24.5 Å². The molecular weight excluding hydrogens is 404 g/mol. The zero-order valence-electron chi connectivity index (χ0n) is 16.8. The fourth-order valence-corrected chi connectivity index (χ4v) is 3.88. The predicted molar refractivity (Wildman–Crippen MR) is 115 cm³/mol. The van der Waals surface area contributed by atoms with E-state index >= 15 is 0 Å². The summed E-state index contributed by atoms with van der Waals surface area (Å²) in [6.45, 7) is 2.00. The number of fused-ring (bicyclic) bond motifs is 1. The number of phenols is 2. The number of hydrogen-bond donors (Lipinski definition) is 2. The molecule has 2 atom stereocenters. The molecule has 0 aliphatic carbocycles. The average Bonchev–Trinajstić information content (AvgIpc) is 2.70. The number of esters is 1. The van der Waals surface area contributed by atoms with Crippen molar-refractivity contribution in [2.24, 2.45) is 5.92 Å². The Labute approximate surface area is 181 Å². The van der Waals surface area contributed by atoms with Crippen molar-refractivity contribution in [3.63, 3.8) is 0 Å². The van der Waals surface area contributed by atoms with Crippen LogP contribution in [-0.2, 0) is 16.0 Å². The van der Waals surface area contributed by atoms with Crippen molar-refractivity contribution in [3.8, 4) is 11.5 Å². The van der Waals surface area contributed by atoms with E-state index in [1.165, 1.54) is 0 Å². The first-order valence-corrected chi connectivity index (χ1v) is 10.4. The molecule has 30 heavy (non-hydrogen) atoms. The molecule has 0 saturated carbocycles. The number of ether oxygens (including phenoxy) is 1. The van der Waals surface area contributed by atoms with Crippen LogP contribution in [0.1, 0.15) is 60.2 Å². The molecule has 0 fully saturated rings. The number of carbonyl (C=O) groups excluding carboxylic acids is 2. The Morgan fingerprint density at radius 3 is 2.53 bits per heavy atom. The van der Waals surface area contributed by atoms with Crippen molar-refractivity contribution in [2.75, 3.05) is 0 Å². The van der Waals surface area contributed by atoms with Crippen LogP contribution in [0, 0.1) is 5.92 Å². The van der Waals surface area contributed by atoms with Gasteiger partial charge in [-0.05, 0) is 24.3 Å². The van der Waals surface area contributed by atoms with E-state index in [0.29, 0.717) is 12.8 Å². The van der Waals surface area contributed by atoms with Crippen LogP contribution in [0.2, 0.25) is 5.02 Å². The Balaban J connectivity index is 2.05. The van der Waals surface area contributed by atoms with Gasteiger partial charge >= 0.3 is 5.97 Å². The zero-order valence-corrected chi connectivity index (χ0v) is 17.6. The molecule has 1 aliphatic heterocycles. The van der Waals surface area contributed by atoms with Gasteiger partial charge in [-0.2, -0.15) is 0 Å². The minimum Gasteiger partial charge on any atom is -0.507 e. The highest BCUT2D eigenvalue weighted by molar-refractivity contribution is 6.33. The maximum Gasteiger partial charge on any atom is 0.342 e. The van der Waals surface area contributed by atoms with Gasteiger partial charge in [-0.15, -0.1) is 0 Å². The third kappa shape index (κ3) is 5.22. The summed E-state index contributed by atoms with van der Waals surface area (Å²) in [5.41, 5.74) is 0.731. The molecule has 5 nitrogen and oxygen atoms in total. The number of Topliss-reactive ketones (excluding diaryl/α,β-unsaturated/α-hetero) is 1. The Morgan fingerprint density at radius 2 is 1.80 bits per heavy atom. The molecule has 2 aromatic carbocycles. The lowest BCUT2D eigenvalue weighted by Crippen LogP contribution is -2.17. The summed E-state index contributed by atoms with van der Waals surface area (Å²) in [5, 5.41) is 20.3. The summed E-state index contributed by atoms with van der Waals surface area (Å²) < 4.78 is 5.74. The SMILES string of the molecule is CC1CC/C=C/C[C@H](c2ccccc2)OC(=O)c2c(O)cc(O)c(Cl)c2CC(=O)C1. The van der Waals surface area contributed by atoms with Gasteiger partial charge in [0, 0.05) is 30.9 Å². The molecule has 2 aromatic rings. The first-order valence-electron chi connectivity index (χ1n) is 10.0. The number of carbonyl (C=O) groups is 2. The molecule has 1 aliphatic rings. The normalized spacial score (nSPS) is 21.9. The van der Waals surface area contributed by atoms with E-state index in [9.17, 15) is 19.8 Å². The Bertz CT molecular complexity index is 952. The van der Waals surface area contributed by atoms with E-state index < -0.39 is 17.8 Å². The Kier molecular flexibility index (Phi) is 7.16. The number of allylic oxidation sites excluding steroid dienone is 1. The molecule has 0 aromatic heterocycles. The lowest BCUT2D eigenvalue weighted by Gasteiger charge is -2.20. The standard InChI is InChI=1S/C24H25ClO5/c1-15-8-4-2-7-11-21(16-9-5-3-6-10-16)30-24(29)22-18(13-17(26)12-15)23(25)20(28)14-19(22)27/h2-3,5-7,9-10,14-15,21,27-28H,4,8,11-13H2,1H3/b7-2+/t15?,21-/m1/s1. The molecule has 0 amide bonds. The molecule has 6 heteroatoms. The molecule has 1 unspecified atom stereocenters. The predicted octanol–water partition coefficient (Wildman–Crippen LogP) is 5.53. The second-order valence-electron chi connectivity index (χ2n) is 7.70. The van der Waals surface area contributed by atoms with Crippen LogP contribution in [0.4, 0.5) is 0 Å². The van der Waals surface area contributed by atoms with Crippen LogP contribution in [-0.4, -0.2) is 22.0 Å². The molecule has 0 spiro atoms. The zero-order chi connectivity index (χ0) is 21.7. The van der Waals surface area contributed by atoms with Gasteiger partial charge < -0.3 is 14.9 Å². The van der Waals surface area contributed by atoms with E-state index in [-0.39, 0.29) is 40.0 Å². The van der Waals surface area contributed by atoms with E-state index in [1.54, 1.807) is 0 Å². The van der Waals surface area contributed by atoms with Crippen LogP contribution in [0.25, 0.3) is 0 Å². The monoisotopic (exact) mass is 428 g/mol. The highest BCUT2D eigenvalue weighted by atomic mass is 35.5. The van der Waals surface area contributed by atoms with Gasteiger partial charge in [0.2, 0.25) is 0 Å². The second-order valence-corrected chi connectivity index (χ2v) is 8.07. The number of cyclic esters (lactones) is 1. The summed E-state index contributed by atoms with van der Waals surface area (Å²) >= 11 is 6.22. The van der Waals surface area contributed by atoms with Crippen molar-refractivity contribution in [3.05, 3.63) is 70.3 Å². The van der Waals surface area contributed by atoms with Gasteiger partial charge in [-0.1, -0.05) is 61.0 Å². The maximum absolute atomic E-state index is 13.1. The molecule has 1 heterocycles. The maximum atomic E-state index is 13.1. The molecule has 3 rings (SSSR count). The molecule has 158 valence electrons. The second kappa shape index (κ2) is 9.81. The van der Waals surface area contributed by atoms with E-state index in [1.807, 2.05) is 49.4 Å². The van der Waals surface area contributed by atoms with Crippen molar-refractivity contribution in [1.29, 1.82) is 0 Å². The summed E-state index contributed by atoms with van der Waals surface area (Å²) in [5.74, 6) is -1.60. The van der Waals surface area contributed by atoms with E-state index in [2.05, 4.69) is 0 Å². The Hall–Kier alpha value is -2.79. The smallest absolute Gasteiger partial charge is 0.342 e. The van der Waals surface area contributed by atoms with E-state index in [4.69, 9.17) is 16.3 Å². The van der Waals surface area contributed by atoms with Crippen LogP contribution >= 0.6 is 11.6 Å². The van der Waals surface area contributed by atoms with Crippen molar-refractivity contribution >= 4 is 23.4 Å². The number of phenolic OH excluding ortho intramolecular Hbond substituents is 2. The number of aromatic hydroxyl groups is 2. The lowest BCUT2D eigenvalue weighted by molar-refractivity contribution is -0.119. The molecule has 0 saturated heterocycles. The highest BCUT2D eigenvalue weighted by Gasteiger charge is 2.27.